The number of para-hydroxylation sites is 2. The van der Waals surface area contributed by atoms with Gasteiger partial charge in [-0.3, -0.25) is 9.69 Å². The molecule has 0 bridgehead atoms. The van der Waals surface area contributed by atoms with Crippen LogP contribution in [0.15, 0.2) is 29.1 Å². The third-order valence-electron chi connectivity index (χ3n) is 3.93. The first-order valence-electron chi connectivity index (χ1n) is 7.58. The highest BCUT2D eigenvalue weighted by Crippen LogP contribution is 2.13. The van der Waals surface area contributed by atoms with Crippen molar-refractivity contribution < 1.29 is 8.42 Å². The fraction of sp³-hybridized carbons (Fsp3) is 0.467. The van der Waals surface area contributed by atoms with Gasteiger partial charge in [-0.1, -0.05) is 12.1 Å². The van der Waals surface area contributed by atoms with E-state index < -0.39 is 10.0 Å². The Bertz CT molecular complexity index is 862. The third-order valence-corrected chi connectivity index (χ3v) is 4.69. The minimum Gasteiger partial charge on any atom is -0.319 e. The van der Waals surface area contributed by atoms with E-state index >= 15 is 0 Å². The Kier molecular flexibility index (Phi) is 4.47. The lowest BCUT2D eigenvalue weighted by molar-refractivity contribution is 0.192. The second-order valence-corrected chi connectivity index (χ2v) is 7.77. The van der Waals surface area contributed by atoms with Crippen LogP contribution in [0, 0.1) is 0 Å². The first-order chi connectivity index (χ1) is 10.9. The number of H-pyrrole nitrogens is 1. The Hall–Kier alpha value is -1.77. The van der Waals surface area contributed by atoms with Crippen LogP contribution in [0.2, 0.25) is 0 Å². The van der Waals surface area contributed by atoms with Crippen LogP contribution in [0.4, 0.5) is 0 Å². The molecule has 1 atom stereocenters. The average Bonchev–Trinajstić information content (AvgIpc) is 2.46. The lowest BCUT2D eigenvalue weighted by atomic mass is 10.1. The summed E-state index contributed by atoms with van der Waals surface area (Å²) in [5.74, 6) is 0. The number of aromatic nitrogens is 2. The number of hydrogen-bond acceptors (Lipinski definition) is 5. The summed E-state index contributed by atoms with van der Waals surface area (Å²) in [6, 6.07) is 7.30. The summed E-state index contributed by atoms with van der Waals surface area (Å²) >= 11 is 0. The van der Waals surface area contributed by atoms with E-state index in [2.05, 4.69) is 19.6 Å². The number of fused-ring (bicyclic) bond motifs is 1. The maximum Gasteiger partial charge on any atom is 0.271 e. The van der Waals surface area contributed by atoms with E-state index in [0.717, 1.165) is 30.4 Å². The van der Waals surface area contributed by atoms with Crippen molar-refractivity contribution in [3.05, 3.63) is 40.3 Å². The molecule has 2 aromatic rings. The van der Waals surface area contributed by atoms with Crippen LogP contribution in [0.25, 0.3) is 11.0 Å². The summed E-state index contributed by atoms with van der Waals surface area (Å²) < 4.78 is 25.4. The van der Waals surface area contributed by atoms with Gasteiger partial charge in [0.2, 0.25) is 10.0 Å². The van der Waals surface area contributed by atoms with Gasteiger partial charge < -0.3 is 4.98 Å². The van der Waals surface area contributed by atoms with Crippen molar-refractivity contribution in [1.29, 1.82) is 0 Å². The minimum absolute atomic E-state index is 0.113. The van der Waals surface area contributed by atoms with Crippen molar-refractivity contribution in [2.45, 2.75) is 25.4 Å². The van der Waals surface area contributed by atoms with E-state index in [9.17, 15) is 13.2 Å². The number of nitrogens with one attached hydrogen (secondary N) is 2. The lowest BCUT2D eigenvalue weighted by Crippen LogP contribution is -2.47. The summed E-state index contributed by atoms with van der Waals surface area (Å²) in [5.41, 5.74) is 1.74. The molecular weight excluding hydrogens is 316 g/mol. The van der Waals surface area contributed by atoms with Crippen molar-refractivity contribution in [1.82, 2.24) is 19.6 Å². The molecule has 0 radical (unpaired) electrons. The number of sulfonamides is 1. The highest BCUT2D eigenvalue weighted by atomic mass is 32.2. The highest BCUT2D eigenvalue weighted by Gasteiger charge is 2.23. The van der Waals surface area contributed by atoms with Crippen LogP contribution in [-0.4, -0.2) is 48.7 Å². The molecule has 0 spiro atoms. The first kappa shape index (κ1) is 16.1. The summed E-state index contributed by atoms with van der Waals surface area (Å²) in [6.45, 7) is 1.83. The third kappa shape index (κ3) is 4.15. The topological polar surface area (TPSA) is 95.2 Å². The van der Waals surface area contributed by atoms with Crippen LogP contribution in [-0.2, 0) is 16.6 Å². The summed E-state index contributed by atoms with van der Waals surface area (Å²) in [5, 5.41) is 0. The second-order valence-electron chi connectivity index (χ2n) is 5.99. The molecule has 2 heterocycles. The van der Waals surface area contributed by atoms with Crippen molar-refractivity contribution >= 4 is 21.1 Å². The van der Waals surface area contributed by atoms with Gasteiger partial charge in [-0.15, -0.1) is 0 Å². The zero-order chi connectivity index (χ0) is 16.4. The molecule has 1 aromatic heterocycles. The van der Waals surface area contributed by atoms with E-state index in [4.69, 9.17) is 0 Å². The van der Waals surface area contributed by atoms with E-state index in [1.807, 2.05) is 24.3 Å². The van der Waals surface area contributed by atoms with Gasteiger partial charge in [0, 0.05) is 19.1 Å². The molecule has 124 valence electrons. The second kappa shape index (κ2) is 6.38. The van der Waals surface area contributed by atoms with Gasteiger partial charge in [0.05, 0.1) is 17.3 Å². The van der Waals surface area contributed by atoms with Gasteiger partial charge in [-0.05, 0) is 31.5 Å². The molecule has 0 unspecified atom stereocenters. The maximum atomic E-state index is 12.2. The number of nitrogens with zero attached hydrogens (tertiary/aromatic N) is 2. The van der Waals surface area contributed by atoms with Crippen LogP contribution >= 0.6 is 0 Å². The molecule has 0 aliphatic carbocycles. The zero-order valence-corrected chi connectivity index (χ0v) is 13.8. The molecule has 0 saturated carbocycles. The summed E-state index contributed by atoms with van der Waals surface area (Å²) in [7, 11) is -3.22. The molecule has 1 fully saturated rings. The lowest BCUT2D eigenvalue weighted by Gasteiger charge is -2.32. The predicted molar refractivity (Wildman–Crippen MR) is 88.6 cm³/mol. The van der Waals surface area contributed by atoms with Crippen molar-refractivity contribution in [2.75, 3.05) is 19.3 Å². The summed E-state index contributed by atoms with van der Waals surface area (Å²) in [4.78, 5) is 21.5. The minimum atomic E-state index is -3.22. The Labute approximate surface area is 134 Å². The van der Waals surface area contributed by atoms with Crippen LogP contribution in [0.1, 0.15) is 18.5 Å². The monoisotopic (exact) mass is 336 g/mol. The Morgan fingerprint density at radius 2 is 2.17 bits per heavy atom. The van der Waals surface area contributed by atoms with Crippen molar-refractivity contribution in [2.24, 2.45) is 0 Å². The maximum absolute atomic E-state index is 12.2. The predicted octanol–water partition coefficient (Wildman–Crippen LogP) is 0.437. The van der Waals surface area contributed by atoms with Crippen molar-refractivity contribution in [3.63, 3.8) is 0 Å². The number of benzene rings is 1. The molecule has 1 aliphatic rings. The van der Waals surface area contributed by atoms with Crippen molar-refractivity contribution in [3.8, 4) is 0 Å². The van der Waals surface area contributed by atoms with Gasteiger partial charge in [0.15, 0.2) is 0 Å². The molecule has 3 rings (SSSR count). The Morgan fingerprint density at radius 3 is 2.96 bits per heavy atom. The fourth-order valence-corrected chi connectivity index (χ4v) is 3.78. The standard InChI is InChI=1S/C15H20N4O3S/c1-23(21,22)18-11-5-4-8-19(9-11)10-14-15(20)17-13-7-3-2-6-12(13)16-14/h2-3,6-7,11,18H,4-5,8-10H2,1H3,(H,17,20)/t11-/m1/s1. The molecule has 1 aromatic carbocycles. The molecule has 0 amide bonds. The smallest absolute Gasteiger partial charge is 0.271 e. The molecular formula is C15H20N4O3S. The normalized spacial score (nSPS) is 20.0. The molecule has 1 aliphatic heterocycles. The molecule has 1 saturated heterocycles. The zero-order valence-electron chi connectivity index (χ0n) is 12.9. The molecule has 23 heavy (non-hydrogen) atoms. The Balaban J connectivity index is 1.76. The molecule has 8 heteroatoms. The fourth-order valence-electron chi connectivity index (χ4n) is 2.98. The van der Waals surface area contributed by atoms with Gasteiger partial charge in [0.1, 0.15) is 5.69 Å². The summed E-state index contributed by atoms with van der Waals surface area (Å²) in [6.07, 6.45) is 2.87. The molecule has 7 nitrogen and oxygen atoms in total. The van der Waals surface area contributed by atoms with Crippen LogP contribution in [0.5, 0.6) is 0 Å². The number of aromatic amines is 1. The SMILES string of the molecule is CS(=O)(=O)N[C@@H]1CCCN(Cc2nc3ccccc3[nH]c2=O)C1. The van der Waals surface area contributed by atoms with E-state index in [-0.39, 0.29) is 11.6 Å². The van der Waals surface area contributed by atoms with Crippen LogP contribution < -0.4 is 10.3 Å². The largest absolute Gasteiger partial charge is 0.319 e. The number of likely N-dealkylation sites (tertiary alicyclic amines) is 1. The van der Waals surface area contributed by atoms with E-state index in [1.54, 1.807) is 0 Å². The highest BCUT2D eigenvalue weighted by molar-refractivity contribution is 7.88. The average molecular weight is 336 g/mol. The Morgan fingerprint density at radius 1 is 1.39 bits per heavy atom. The quantitative estimate of drug-likeness (QED) is 0.844. The van der Waals surface area contributed by atoms with Gasteiger partial charge in [-0.2, -0.15) is 0 Å². The van der Waals surface area contributed by atoms with Gasteiger partial charge >= 0.3 is 0 Å². The molecule has 2 N–H and O–H groups in total. The van der Waals surface area contributed by atoms with E-state index in [1.165, 1.54) is 6.26 Å². The number of rotatable bonds is 4. The van der Waals surface area contributed by atoms with Gasteiger partial charge in [-0.25, -0.2) is 18.1 Å². The van der Waals surface area contributed by atoms with Gasteiger partial charge in [0.25, 0.3) is 5.56 Å². The number of hydrogen-bond donors (Lipinski definition) is 2. The van der Waals surface area contributed by atoms with Crippen LogP contribution in [0.3, 0.4) is 0 Å². The van der Waals surface area contributed by atoms with E-state index in [0.29, 0.717) is 18.8 Å². The first-order valence-corrected chi connectivity index (χ1v) is 9.47. The number of piperidine rings is 1.